The van der Waals surface area contributed by atoms with Crippen molar-refractivity contribution in [2.24, 2.45) is 5.92 Å². The molecule has 1 saturated heterocycles. The van der Waals surface area contributed by atoms with Gasteiger partial charge in [-0.25, -0.2) is 4.98 Å². The summed E-state index contributed by atoms with van der Waals surface area (Å²) in [4.78, 5) is 45.2. The van der Waals surface area contributed by atoms with Crippen molar-refractivity contribution in [3.8, 4) is 0 Å². The Bertz CT molecular complexity index is 924. The third kappa shape index (κ3) is 3.09. The molecule has 4 rings (SSSR count). The summed E-state index contributed by atoms with van der Waals surface area (Å²) >= 11 is 0. The number of aromatic nitrogens is 2. The Hall–Kier alpha value is -2.70. The molecule has 2 aromatic rings. The second kappa shape index (κ2) is 6.55. The molecule has 0 N–H and O–H groups in total. The quantitative estimate of drug-likeness (QED) is 0.817. The van der Waals surface area contributed by atoms with Gasteiger partial charge in [-0.2, -0.15) is 0 Å². The molecule has 2 amide bonds. The zero-order valence-electron chi connectivity index (χ0n) is 14.9. The maximum absolute atomic E-state index is 12.6. The van der Waals surface area contributed by atoms with E-state index >= 15 is 0 Å². The monoisotopic (exact) mass is 354 g/mol. The molecule has 0 bridgehead atoms. The minimum absolute atomic E-state index is 0.0215. The van der Waals surface area contributed by atoms with Crippen molar-refractivity contribution in [1.29, 1.82) is 0 Å². The van der Waals surface area contributed by atoms with E-state index in [0.717, 1.165) is 18.4 Å². The Morgan fingerprint density at radius 2 is 1.81 bits per heavy atom. The number of hydrogen-bond donors (Lipinski definition) is 0. The Kier molecular flexibility index (Phi) is 4.22. The molecular weight excluding hydrogens is 332 g/mol. The van der Waals surface area contributed by atoms with E-state index in [-0.39, 0.29) is 29.8 Å². The zero-order chi connectivity index (χ0) is 18.3. The molecule has 7 heteroatoms. The van der Waals surface area contributed by atoms with Gasteiger partial charge >= 0.3 is 0 Å². The van der Waals surface area contributed by atoms with Crippen LogP contribution >= 0.6 is 0 Å². The molecule has 1 aliphatic heterocycles. The Balaban J connectivity index is 1.44. The number of fused-ring (bicyclic) bond motifs is 1. The van der Waals surface area contributed by atoms with E-state index in [1.54, 1.807) is 11.0 Å². The molecule has 136 valence electrons. The summed E-state index contributed by atoms with van der Waals surface area (Å²) in [6.45, 7) is 4.08. The summed E-state index contributed by atoms with van der Waals surface area (Å²) in [6.07, 6.45) is 3.44. The fourth-order valence-electron chi connectivity index (χ4n) is 3.46. The fourth-order valence-corrected chi connectivity index (χ4v) is 3.46. The molecule has 2 fully saturated rings. The molecule has 0 spiro atoms. The highest BCUT2D eigenvalue weighted by atomic mass is 16.2. The highest BCUT2D eigenvalue weighted by Crippen LogP contribution is 2.31. The predicted molar refractivity (Wildman–Crippen MR) is 96.6 cm³/mol. The molecule has 0 radical (unpaired) electrons. The van der Waals surface area contributed by atoms with E-state index < -0.39 is 0 Å². The van der Waals surface area contributed by atoms with E-state index in [0.29, 0.717) is 37.1 Å². The molecule has 0 atom stereocenters. The van der Waals surface area contributed by atoms with Gasteiger partial charge in [0.15, 0.2) is 0 Å². The van der Waals surface area contributed by atoms with E-state index in [4.69, 9.17) is 0 Å². The van der Waals surface area contributed by atoms with Crippen molar-refractivity contribution < 1.29 is 9.59 Å². The van der Waals surface area contributed by atoms with Gasteiger partial charge in [0, 0.05) is 32.1 Å². The van der Waals surface area contributed by atoms with Gasteiger partial charge in [0.05, 0.1) is 17.2 Å². The maximum Gasteiger partial charge on any atom is 0.261 e. The van der Waals surface area contributed by atoms with Crippen LogP contribution in [-0.2, 0) is 16.1 Å². The number of carbonyl (C=O) groups is 2. The van der Waals surface area contributed by atoms with Gasteiger partial charge in [-0.3, -0.25) is 19.0 Å². The van der Waals surface area contributed by atoms with Gasteiger partial charge in [0.25, 0.3) is 5.56 Å². The number of amides is 2. The van der Waals surface area contributed by atoms with Crippen LogP contribution in [0.15, 0.2) is 29.3 Å². The number of benzene rings is 1. The first-order valence-electron chi connectivity index (χ1n) is 9.06. The van der Waals surface area contributed by atoms with Gasteiger partial charge in [-0.15, -0.1) is 0 Å². The lowest BCUT2D eigenvalue weighted by Gasteiger charge is -2.35. The number of rotatable bonds is 3. The molecule has 2 heterocycles. The summed E-state index contributed by atoms with van der Waals surface area (Å²) in [5.41, 5.74) is 1.41. The summed E-state index contributed by atoms with van der Waals surface area (Å²) in [5.74, 6) is 0.324. The van der Waals surface area contributed by atoms with Crippen LogP contribution in [0.3, 0.4) is 0 Å². The van der Waals surface area contributed by atoms with E-state index in [9.17, 15) is 14.4 Å². The third-order valence-corrected chi connectivity index (χ3v) is 5.23. The maximum atomic E-state index is 12.6. The smallest absolute Gasteiger partial charge is 0.261 e. The summed E-state index contributed by atoms with van der Waals surface area (Å²) in [5, 5.41) is 0.528. The van der Waals surface area contributed by atoms with Crippen LogP contribution < -0.4 is 5.56 Å². The molecule has 2 aliphatic rings. The summed E-state index contributed by atoms with van der Waals surface area (Å²) in [6, 6.07) is 5.47. The predicted octanol–water partition coefficient (Wildman–Crippen LogP) is 0.786. The standard InChI is InChI=1S/C19H22N4O3/c1-13-3-2-4-15-17(13)20-12-23(19(15)26)11-16(24)21-7-9-22(10-8-21)18(25)14-5-6-14/h2-4,12,14H,5-11H2,1H3. The van der Waals surface area contributed by atoms with E-state index in [1.807, 2.05) is 24.0 Å². The molecule has 1 saturated carbocycles. The first-order valence-corrected chi connectivity index (χ1v) is 9.06. The first-order chi connectivity index (χ1) is 12.5. The van der Waals surface area contributed by atoms with Crippen molar-refractivity contribution in [2.45, 2.75) is 26.3 Å². The average molecular weight is 354 g/mol. The minimum atomic E-state index is -0.199. The topological polar surface area (TPSA) is 75.5 Å². The highest BCUT2D eigenvalue weighted by Gasteiger charge is 2.35. The van der Waals surface area contributed by atoms with Crippen molar-refractivity contribution in [3.63, 3.8) is 0 Å². The van der Waals surface area contributed by atoms with Gasteiger partial charge in [-0.05, 0) is 31.4 Å². The van der Waals surface area contributed by atoms with Crippen LogP contribution in [0, 0.1) is 12.8 Å². The van der Waals surface area contributed by atoms with Crippen molar-refractivity contribution in [1.82, 2.24) is 19.4 Å². The normalized spacial score (nSPS) is 17.6. The third-order valence-electron chi connectivity index (χ3n) is 5.23. The SMILES string of the molecule is Cc1cccc2c(=O)n(CC(=O)N3CCN(C(=O)C4CC4)CC3)cnc12. The van der Waals surface area contributed by atoms with Crippen molar-refractivity contribution in [3.05, 3.63) is 40.4 Å². The van der Waals surface area contributed by atoms with Crippen LogP contribution in [0.2, 0.25) is 0 Å². The van der Waals surface area contributed by atoms with Crippen molar-refractivity contribution in [2.75, 3.05) is 26.2 Å². The second-order valence-corrected chi connectivity index (χ2v) is 7.13. The summed E-state index contributed by atoms with van der Waals surface area (Å²) < 4.78 is 1.37. The second-order valence-electron chi connectivity index (χ2n) is 7.13. The van der Waals surface area contributed by atoms with Crippen LogP contribution in [0.1, 0.15) is 18.4 Å². The molecule has 1 aliphatic carbocycles. The zero-order valence-corrected chi connectivity index (χ0v) is 14.9. The molecule has 26 heavy (non-hydrogen) atoms. The van der Waals surface area contributed by atoms with Gasteiger partial charge in [0.1, 0.15) is 6.54 Å². The lowest BCUT2D eigenvalue weighted by atomic mass is 10.1. The minimum Gasteiger partial charge on any atom is -0.339 e. The number of hydrogen-bond acceptors (Lipinski definition) is 4. The summed E-state index contributed by atoms with van der Waals surface area (Å²) in [7, 11) is 0. The van der Waals surface area contributed by atoms with Crippen LogP contribution in [0.5, 0.6) is 0 Å². The fraction of sp³-hybridized carbons (Fsp3) is 0.474. The Labute approximate surface area is 151 Å². The van der Waals surface area contributed by atoms with Gasteiger partial charge in [-0.1, -0.05) is 12.1 Å². The molecule has 0 unspecified atom stereocenters. The van der Waals surface area contributed by atoms with Crippen LogP contribution in [-0.4, -0.2) is 57.3 Å². The molecule has 1 aromatic heterocycles. The molecular formula is C19H22N4O3. The number of carbonyl (C=O) groups excluding carboxylic acids is 2. The lowest BCUT2D eigenvalue weighted by molar-refractivity contribution is -0.140. The highest BCUT2D eigenvalue weighted by molar-refractivity contribution is 5.82. The Morgan fingerprint density at radius 3 is 2.50 bits per heavy atom. The average Bonchev–Trinajstić information content (AvgIpc) is 3.49. The number of piperazine rings is 1. The number of nitrogens with zero attached hydrogens (tertiary/aromatic N) is 4. The lowest BCUT2D eigenvalue weighted by Crippen LogP contribution is -2.52. The molecule has 7 nitrogen and oxygen atoms in total. The van der Waals surface area contributed by atoms with Gasteiger partial charge < -0.3 is 9.80 Å². The van der Waals surface area contributed by atoms with Crippen LogP contribution in [0.25, 0.3) is 10.9 Å². The van der Waals surface area contributed by atoms with E-state index in [1.165, 1.54) is 10.9 Å². The number of para-hydroxylation sites is 1. The molecule has 1 aromatic carbocycles. The Morgan fingerprint density at radius 1 is 1.12 bits per heavy atom. The largest absolute Gasteiger partial charge is 0.339 e. The number of aryl methyl sites for hydroxylation is 1. The van der Waals surface area contributed by atoms with E-state index in [2.05, 4.69) is 4.98 Å². The van der Waals surface area contributed by atoms with Crippen LogP contribution in [0.4, 0.5) is 0 Å². The first kappa shape index (κ1) is 16.8. The van der Waals surface area contributed by atoms with Gasteiger partial charge in [0.2, 0.25) is 11.8 Å². The van der Waals surface area contributed by atoms with Crippen molar-refractivity contribution >= 4 is 22.7 Å².